The van der Waals surface area contributed by atoms with E-state index < -0.39 is 0 Å². The van der Waals surface area contributed by atoms with Crippen LogP contribution in [0.1, 0.15) is 33.1 Å². The first-order valence-corrected chi connectivity index (χ1v) is 9.26. The van der Waals surface area contributed by atoms with Gasteiger partial charge in [0.05, 0.1) is 11.0 Å². The van der Waals surface area contributed by atoms with E-state index in [2.05, 4.69) is 27.1 Å². The maximum atomic E-state index is 12.7. The lowest BCUT2D eigenvalue weighted by Crippen LogP contribution is -2.40. The summed E-state index contributed by atoms with van der Waals surface area (Å²) in [5, 5.41) is 6.46. The molecule has 2 aromatic rings. The Balaban J connectivity index is 1.76. The number of nitrogens with one attached hydrogen (secondary N) is 2. The molecule has 1 aromatic carbocycles. The first-order valence-electron chi connectivity index (χ1n) is 9.26. The number of amides is 1. The van der Waals surface area contributed by atoms with Crippen molar-refractivity contribution >= 4 is 22.9 Å². The molecule has 2 N–H and O–H groups in total. The average Bonchev–Trinajstić information content (AvgIpc) is 2.96. The topological polar surface area (TPSA) is 68.2 Å². The van der Waals surface area contributed by atoms with Gasteiger partial charge in [0.15, 0.2) is 0 Å². The molecule has 1 amide bonds. The Kier molecular flexibility index (Phi) is 6.04. The van der Waals surface area contributed by atoms with Crippen molar-refractivity contribution in [3.63, 3.8) is 0 Å². The molecule has 2 heterocycles. The van der Waals surface area contributed by atoms with Crippen molar-refractivity contribution in [1.29, 1.82) is 0 Å². The second-order valence-electron chi connectivity index (χ2n) is 6.69. The van der Waals surface area contributed by atoms with Crippen LogP contribution in [0.15, 0.2) is 24.3 Å². The van der Waals surface area contributed by atoms with Crippen LogP contribution in [0.25, 0.3) is 11.0 Å². The highest BCUT2D eigenvalue weighted by molar-refractivity contribution is 5.93. The highest BCUT2D eigenvalue weighted by Gasteiger charge is 2.26. The van der Waals surface area contributed by atoms with Gasteiger partial charge in [-0.25, -0.2) is 4.98 Å². The maximum absolute atomic E-state index is 12.7. The quantitative estimate of drug-likeness (QED) is 0.758. The summed E-state index contributed by atoms with van der Waals surface area (Å²) in [6.07, 6.45) is 2.64. The number of rotatable bonds is 7. The van der Waals surface area contributed by atoms with E-state index in [1.807, 2.05) is 31.2 Å². The predicted octanol–water partition coefficient (Wildman–Crippen LogP) is 2.79. The highest BCUT2D eigenvalue weighted by Crippen LogP contribution is 2.23. The van der Waals surface area contributed by atoms with Gasteiger partial charge in [-0.1, -0.05) is 12.1 Å². The van der Waals surface area contributed by atoms with Crippen LogP contribution in [0.3, 0.4) is 0 Å². The second kappa shape index (κ2) is 8.45. The number of fused-ring (bicyclic) bond motifs is 1. The Bertz CT molecular complexity index is 713. The summed E-state index contributed by atoms with van der Waals surface area (Å²) in [5.41, 5.74) is 1.96. The first-order chi connectivity index (χ1) is 12.2. The number of carbonyl (C=O) groups excluding carboxylic acids is 1. The van der Waals surface area contributed by atoms with Crippen LogP contribution in [-0.4, -0.2) is 41.3 Å². The Morgan fingerprint density at radius 2 is 2.28 bits per heavy atom. The van der Waals surface area contributed by atoms with Gasteiger partial charge >= 0.3 is 0 Å². The molecule has 1 aromatic heterocycles. The standard InChI is InChI=1S/C19H28N4O2/c1-3-25-12-6-11-23-17-8-5-4-7-16(17)21-19(23)22-18(24)15-9-10-20-14(2)13-15/h4-5,7-8,14-15,20H,3,6,9-13H2,1-2H3,(H,21,22,24)/t14-,15-/m0/s1. The number of nitrogens with zero attached hydrogens (tertiary/aromatic N) is 2. The third-order valence-corrected chi connectivity index (χ3v) is 4.76. The number of ether oxygens (including phenoxy) is 1. The predicted molar refractivity (Wildman–Crippen MR) is 99.7 cm³/mol. The van der Waals surface area contributed by atoms with Gasteiger partial charge in [-0.3, -0.25) is 10.1 Å². The minimum atomic E-state index is 0.0490. The Morgan fingerprint density at radius 3 is 3.08 bits per heavy atom. The average molecular weight is 344 g/mol. The summed E-state index contributed by atoms with van der Waals surface area (Å²) in [4.78, 5) is 17.3. The summed E-state index contributed by atoms with van der Waals surface area (Å²) >= 11 is 0. The van der Waals surface area contributed by atoms with Crippen LogP contribution in [0.4, 0.5) is 5.95 Å². The first kappa shape index (κ1) is 17.9. The fourth-order valence-corrected chi connectivity index (χ4v) is 3.45. The lowest BCUT2D eigenvalue weighted by molar-refractivity contribution is -0.120. The van der Waals surface area contributed by atoms with Crippen LogP contribution in [0.2, 0.25) is 0 Å². The number of hydrogen-bond donors (Lipinski definition) is 2. The number of imidazole rings is 1. The van der Waals surface area contributed by atoms with E-state index in [-0.39, 0.29) is 11.8 Å². The molecule has 1 saturated heterocycles. The molecule has 1 fully saturated rings. The molecule has 0 spiro atoms. The zero-order chi connectivity index (χ0) is 17.6. The second-order valence-corrected chi connectivity index (χ2v) is 6.69. The van der Waals surface area contributed by atoms with Crippen molar-refractivity contribution in [2.24, 2.45) is 5.92 Å². The van der Waals surface area contributed by atoms with E-state index in [0.717, 1.165) is 50.0 Å². The molecule has 2 atom stereocenters. The van der Waals surface area contributed by atoms with Gasteiger partial charge in [0.25, 0.3) is 0 Å². The van der Waals surface area contributed by atoms with Crippen molar-refractivity contribution < 1.29 is 9.53 Å². The van der Waals surface area contributed by atoms with Crippen LogP contribution < -0.4 is 10.6 Å². The number of hydrogen-bond acceptors (Lipinski definition) is 4. The maximum Gasteiger partial charge on any atom is 0.229 e. The third kappa shape index (κ3) is 4.38. The van der Waals surface area contributed by atoms with Gasteiger partial charge in [0.2, 0.25) is 11.9 Å². The molecule has 6 nitrogen and oxygen atoms in total. The number of piperidine rings is 1. The summed E-state index contributed by atoms with van der Waals surface area (Å²) in [5.74, 6) is 0.775. The molecule has 0 radical (unpaired) electrons. The Morgan fingerprint density at radius 1 is 1.44 bits per heavy atom. The molecule has 136 valence electrons. The highest BCUT2D eigenvalue weighted by atomic mass is 16.5. The SMILES string of the molecule is CCOCCCn1c(NC(=O)[C@H]2CCN[C@@H](C)C2)nc2ccccc21. The normalized spacial score (nSPS) is 20.7. The molecule has 1 aliphatic rings. The summed E-state index contributed by atoms with van der Waals surface area (Å²) in [6.45, 7) is 7.23. The van der Waals surface area contributed by atoms with Crippen molar-refractivity contribution in [2.75, 3.05) is 25.1 Å². The minimum Gasteiger partial charge on any atom is -0.382 e. The van der Waals surface area contributed by atoms with Gasteiger partial charge in [-0.15, -0.1) is 0 Å². The number of benzene rings is 1. The van der Waals surface area contributed by atoms with E-state index in [1.165, 1.54) is 0 Å². The number of carbonyl (C=O) groups is 1. The van der Waals surface area contributed by atoms with Crippen molar-refractivity contribution in [3.8, 4) is 0 Å². The van der Waals surface area contributed by atoms with Crippen molar-refractivity contribution in [1.82, 2.24) is 14.9 Å². The van der Waals surface area contributed by atoms with Crippen LogP contribution >= 0.6 is 0 Å². The lowest BCUT2D eigenvalue weighted by Gasteiger charge is -2.27. The molecule has 25 heavy (non-hydrogen) atoms. The Labute approximate surface area is 149 Å². The number of anilines is 1. The smallest absolute Gasteiger partial charge is 0.229 e. The third-order valence-electron chi connectivity index (χ3n) is 4.76. The molecule has 0 unspecified atom stereocenters. The lowest BCUT2D eigenvalue weighted by atomic mass is 9.92. The van der Waals surface area contributed by atoms with Crippen molar-refractivity contribution in [2.45, 2.75) is 45.7 Å². The summed E-state index contributed by atoms with van der Waals surface area (Å²) < 4.78 is 7.54. The fourth-order valence-electron chi connectivity index (χ4n) is 3.45. The molecular formula is C19H28N4O2. The van der Waals surface area contributed by atoms with Gasteiger partial charge in [-0.2, -0.15) is 0 Å². The Hall–Kier alpha value is -1.92. The van der Waals surface area contributed by atoms with Gasteiger partial charge in [-0.05, 0) is 51.8 Å². The van der Waals surface area contributed by atoms with E-state index in [4.69, 9.17) is 4.74 Å². The largest absolute Gasteiger partial charge is 0.382 e. The number of aromatic nitrogens is 2. The number of para-hydroxylation sites is 2. The summed E-state index contributed by atoms with van der Waals surface area (Å²) in [6, 6.07) is 8.39. The molecule has 1 aliphatic heterocycles. The fraction of sp³-hybridized carbons (Fsp3) is 0.579. The molecule has 3 rings (SSSR count). The van der Waals surface area contributed by atoms with Crippen LogP contribution in [-0.2, 0) is 16.1 Å². The molecule has 0 saturated carbocycles. The molecule has 0 aliphatic carbocycles. The minimum absolute atomic E-state index is 0.0490. The van der Waals surface area contributed by atoms with Gasteiger partial charge in [0.1, 0.15) is 0 Å². The van der Waals surface area contributed by atoms with Crippen molar-refractivity contribution in [3.05, 3.63) is 24.3 Å². The zero-order valence-corrected chi connectivity index (χ0v) is 15.1. The monoisotopic (exact) mass is 344 g/mol. The van der Waals surface area contributed by atoms with E-state index >= 15 is 0 Å². The molecule has 6 heteroatoms. The van der Waals surface area contributed by atoms with E-state index in [9.17, 15) is 4.79 Å². The number of aryl methyl sites for hydroxylation is 1. The summed E-state index contributed by atoms with van der Waals surface area (Å²) in [7, 11) is 0. The molecular weight excluding hydrogens is 316 g/mol. The van der Waals surface area contributed by atoms with Gasteiger partial charge < -0.3 is 14.6 Å². The zero-order valence-electron chi connectivity index (χ0n) is 15.1. The molecule has 0 bridgehead atoms. The van der Waals surface area contributed by atoms with Gasteiger partial charge in [0, 0.05) is 31.7 Å². The van der Waals surface area contributed by atoms with E-state index in [0.29, 0.717) is 18.6 Å². The van der Waals surface area contributed by atoms with Crippen LogP contribution in [0.5, 0.6) is 0 Å². The van der Waals surface area contributed by atoms with E-state index in [1.54, 1.807) is 0 Å². The van der Waals surface area contributed by atoms with Crippen LogP contribution in [0, 0.1) is 5.92 Å².